The highest BCUT2D eigenvalue weighted by atomic mass is 32.2. The van der Waals surface area contributed by atoms with Gasteiger partial charge in [0, 0.05) is 11.3 Å². The van der Waals surface area contributed by atoms with Gasteiger partial charge >= 0.3 is 5.97 Å². The van der Waals surface area contributed by atoms with Crippen LogP contribution in [0, 0.1) is 12.7 Å². The van der Waals surface area contributed by atoms with Crippen LogP contribution in [0.2, 0.25) is 0 Å². The molecule has 2 aromatic rings. The second kappa shape index (κ2) is 9.09. The Morgan fingerprint density at radius 3 is 2.69 bits per heavy atom. The van der Waals surface area contributed by atoms with Crippen molar-refractivity contribution in [1.82, 2.24) is 0 Å². The van der Waals surface area contributed by atoms with Crippen molar-refractivity contribution in [3.8, 4) is 0 Å². The van der Waals surface area contributed by atoms with Crippen LogP contribution in [0.5, 0.6) is 0 Å². The Labute approximate surface area is 173 Å². The molecular weight excluding hydrogens is 389 g/mol. The standard InChI is InChI=1S/C23H22FNO3S/c1-14-10-22(29-3)21(24)13-17(14)12-18-11-16(19-6-4-5-7-20(18)19)8-9-28-25-15(2)23(26)27/h4-7,10-13H,8-9H2,1-3H3,(H,26,27)/b18-12-,25-15?. The molecule has 0 fully saturated rings. The topological polar surface area (TPSA) is 58.9 Å². The van der Waals surface area contributed by atoms with Gasteiger partial charge in [-0.2, -0.15) is 0 Å². The van der Waals surface area contributed by atoms with Crippen molar-refractivity contribution in [2.75, 3.05) is 12.9 Å². The van der Waals surface area contributed by atoms with Gasteiger partial charge < -0.3 is 9.94 Å². The highest BCUT2D eigenvalue weighted by molar-refractivity contribution is 7.98. The summed E-state index contributed by atoms with van der Waals surface area (Å²) in [5, 5.41) is 12.4. The van der Waals surface area contributed by atoms with Gasteiger partial charge in [-0.15, -0.1) is 11.8 Å². The van der Waals surface area contributed by atoms with E-state index in [1.807, 2.05) is 49.6 Å². The van der Waals surface area contributed by atoms with Crippen LogP contribution >= 0.6 is 11.8 Å². The van der Waals surface area contributed by atoms with Crippen LogP contribution < -0.4 is 0 Å². The molecule has 0 aliphatic heterocycles. The number of halogens is 1. The third-order valence-corrected chi connectivity index (χ3v) is 5.49. The van der Waals surface area contributed by atoms with Crippen LogP contribution in [0.3, 0.4) is 0 Å². The summed E-state index contributed by atoms with van der Waals surface area (Å²) >= 11 is 1.40. The van der Waals surface area contributed by atoms with Crippen molar-refractivity contribution >= 4 is 40.7 Å². The van der Waals surface area contributed by atoms with Gasteiger partial charge in [0.1, 0.15) is 12.4 Å². The Morgan fingerprint density at radius 1 is 1.28 bits per heavy atom. The number of thioether (sulfide) groups is 1. The SMILES string of the molecule is CSc1cc(C)c(/C=C2/C=C(CCON=C(C)C(=O)O)c3ccccc32)cc1F. The Morgan fingerprint density at radius 2 is 2.00 bits per heavy atom. The molecule has 4 nitrogen and oxygen atoms in total. The number of benzene rings is 2. The fourth-order valence-corrected chi connectivity index (χ4v) is 3.72. The molecule has 0 aromatic heterocycles. The van der Waals surface area contributed by atoms with Gasteiger partial charge in [0.25, 0.3) is 0 Å². The van der Waals surface area contributed by atoms with E-state index in [0.717, 1.165) is 33.4 Å². The molecule has 0 unspecified atom stereocenters. The first kappa shape index (κ1) is 20.9. The van der Waals surface area contributed by atoms with Crippen LogP contribution in [0.4, 0.5) is 4.39 Å². The zero-order valence-corrected chi connectivity index (χ0v) is 17.3. The maximum Gasteiger partial charge on any atom is 0.353 e. The molecule has 0 spiro atoms. The number of aryl methyl sites for hydroxylation is 1. The van der Waals surface area contributed by atoms with Crippen molar-refractivity contribution < 1.29 is 19.1 Å². The first-order chi connectivity index (χ1) is 13.9. The zero-order valence-electron chi connectivity index (χ0n) is 16.5. The number of carboxylic acid groups (broad SMARTS) is 1. The van der Waals surface area contributed by atoms with Gasteiger partial charge in [-0.05, 0) is 71.7 Å². The molecule has 0 atom stereocenters. The number of carboxylic acids is 1. The zero-order chi connectivity index (χ0) is 21.0. The molecule has 0 saturated heterocycles. The smallest absolute Gasteiger partial charge is 0.353 e. The van der Waals surface area contributed by atoms with E-state index in [-0.39, 0.29) is 18.1 Å². The van der Waals surface area contributed by atoms with E-state index in [1.165, 1.54) is 18.7 Å². The quantitative estimate of drug-likeness (QED) is 0.276. The van der Waals surface area contributed by atoms with Crippen molar-refractivity contribution in [3.05, 3.63) is 70.5 Å². The lowest BCUT2D eigenvalue weighted by atomic mass is 10.0. The Bertz CT molecular complexity index is 1040. The monoisotopic (exact) mass is 411 g/mol. The third kappa shape index (κ3) is 4.77. The van der Waals surface area contributed by atoms with E-state index >= 15 is 0 Å². The van der Waals surface area contributed by atoms with Crippen molar-refractivity contribution in [2.45, 2.75) is 25.2 Å². The summed E-state index contributed by atoms with van der Waals surface area (Å²) in [5.41, 5.74) is 6.05. The van der Waals surface area contributed by atoms with Crippen molar-refractivity contribution in [2.24, 2.45) is 5.16 Å². The summed E-state index contributed by atoms with van der Waals surface area (Å²) in [6.07, 6.45) is 6.52. The maximum absolute atomic E-state index is 14.3. The molecule has 0 heterocycles. The minimum Gasteiger partial charge on any atom is -0.477 e. The van der Waals surface area contributed by atoms with Crippen LogP contribution in [0.1, 0.15) is 35.6 Å². The van der Waals surface area contributed by atoms with E-state index in [1.54, 1.807) is 6.07 Å². The second-order valence-electron chi connectivity index (χ2n) is 6.72. The summed E-state index contributed by atoms with van der Waals surface area (Å²) in [6.45, 7) is 3.64. The van der Waals surface area contributed by atoms with Crippen LogP contribution in [-0.2, 0) is 9.63 Å². The molecule has 2 aromatic carbocycles. The largest absolute Gasteiger partial charge is 0.477 e. The molecule has 0 bridgehead atoms. The number of allylic oxidation sites excluding steroid dienone is 2. The lowest BCUT2D eigenvalue weighted by molar-refractivity contribution is -0.129. The minimum atomic E-state index is -1.10. The predicted molar refractivity (Wildman–Crippen MR) is 117 cm³/mol. The van der Waals surface area contributed by atoms with E-state index in [9.17, 15) is 9.18 Å². The number of hydrogen-bond donors (Lipinski definition) is 1. The number of nitrogens with zero attached hydrogens (tertiary/aromatic N) is 1. The van der Waals surface area contributed by atoms with Crippen LogP contribution in [0.25, 0.3) is 17.2 Å². The Kier molecular flexibility index (Phi) is 6.54. The fourth-order valence-electron chi connectivity index (χ4n) is 3.17. The predicted octanol–water partition coefficient (Wildman–Crippen LogP) is 5.66. The average Bonchev–Trinajstić information content (AvgIpc) is 3.05. The van der Waals surface area contributed by atoms with Gasteiger partial charge in [-0.1, -0.05) is 35.5 Å². The number of hydrogen-bond acceptors (Lipinski definition) is 4. The van der Waals surface area contributed by atoms with E-state index in [4.69, 9.17) is 9.94 Å². The summed E-state index contributed by atoms with van der Waals surface area (Å²) in [5.74, 6) is -1.32. The van der Waals surface area contributed by atoms with Crippen molar-refractivity contribution in [3.63, 3.8) is 0 Å². The van der Waals surface area contributed by atoms with Gasteiger partial charge in [0.15, 0.2) is 5.71 Å². The number of carbonyl (C=O) groups is 1. The Hall–Kier alpha value is -2.86. The lowest BCUT2D eigenvalue weighted by Gasteiger charge is -2.07. The molecule has 29 heavy (non-hydrogen) atoms. The molecule has 1 aliphatic rings. The number of aliphatic carboxylic acids is 1. The maximum atomic E-state index is 14.3. The fraction of sp³-hybridized carbons (Fsp3) is 0.217. The molecular formula is C23H22FNO3S. The van der Waals surface area contributed by atoms with Gasteiger partial charge in [0.2, 0.25) is 0 Å². The first-order valence-corrected chi connectivity index (χ1v) is 10.4. The number of rotatable bonds is 7. The first-order valence-electron chi connectivity index (χ1n) is 9.16. The third-order valence-electron chi connectivity index (χ3n) is 4.74. The summed E-state index contributed by atoms with van der Waals surface area (Å²) in [6, 6.07) is 11.5. The molecule has 3 rings (SSSR count). The van der Waals surface area contributed by atoms with Gasteiger partial charge in [-0.25, -0.2) is 9.18 Å². The minimum absolute atomic E-state index is 0.0856. The lowest BCUT2D eigenvalue weighted by Crippen LogP contribution is -2.08. The number of oxime groups is 1. The molecule has 1 aliphatic carbocycles. The van der Waals surface area contributed by atoms with Crippen LogP contribution in [-0.4, -0.2) is 29.7 Å². The van der Waals surface area contributed by atoms with E-state index in [2.05, 4.69) is 11.2 Å². The molecule has 0 saturated carbocycles. The van der Waals surface area contributed by atoms with Crippen molar-refractivity contribution in [1.29, 1.82) is 0 Å². The van der Waals surface area contributed by atoms with E-state index in [0.29, 0.717) is 11.3 Å². The molecule has 0 radical (unpaired) electrons. The molecule has 150 valence electrons. The normalized spacial score (nSPS) is 14.7. The van der Waals surface area contributed by atoms with Crippen LogP contribution in [0.15, 0.2) is 52.5 Å². The van der Waals surface area contributed by atoms with E-state index < -0.39 is 5.97 Å². The van der Waals surface area contributed by atoms with Gasteiger partial charge in [0.05, 0.1) is 0 Å². The summed E-state index contributed by atoms with van der Waals surface area (Å²) in [4.78, 5) is 16.5. The number of fused-ring (bicyclic) bond motifs is 1. The molecule has 6 heteroatoms. The summed E-state index contributed by atoms with van der Waals surface area (Å²) in [7, 11) is 0. The Balaban J connectivity index is 1.86. The second-order valence-corrected chi connectivity index (χ2v) is 7.57. The van der Waals surface area contributed by atoms with Gasteiger partial charge in [-0.3, -0.25) is 0 Å². The highest BCUT2D eigenvalue weighted by Crippen LogP contribution is 2.38. The average molecular weight is 411 g/mol. The highest BCUT2D eigenvalue weighted by Gasteiger charge is 2.18. The summed E-state index contributed by atoms with van der Waals surface area (Å²) < 4.78 is 14.3. The molecule has 0 amide bonds. The molecule has 1 N–H and O–H groups in total.